The Labute approximate surface area is 163 Å². The van der Waals surface area contributed by atoms with Gasteiger partial charge in [-0.2, -0.15) is 0 Å². The van der Waals surface area contributed by atoms with Crippen molar-refractivity contribution in [3.8, 4) is 11.5 Å². The lowest BCUT2D eigenvalue weighted by atomic mass is 9.77. The summed E-state index contributed by atoms with van der Waals surface area (Å²) in [6.45, 7) is 0. The molecule has 0 bridgehead atoms. The Hall–Kier alpha value is -3.15. The minimum absolute atomic E-state index is 0.0157. The van der Waals surface area contributed by atoms with E-state index >= 15 is 0 Å². The van der Waals surface area contributed by atoms with Crippen LogP contribution in [0.15, 0.2) is 58.3 Å². The van der Waals surface area contributed by atoms with Gasteiger partial charge in [0.25, 0.3) is 11.8 Å². The Morgan fingerprint density at radius 1 is 1.14 bits per heavy atom. The van der Waals surface area contributed by atoms with E-state index in [9.17, 15) is 9.59 Å². The maximum absolute atomic E-state index is 12.6. The summed E-state index contributed by atoms with van der Waals surface area (Å²) in [7, 11) is 3.06. The second-order valence-corrected chi connectivity index (χ2v) is 7.01. The van der Waals surface area contributed by atoms with Crippen LogP contribution in [0.1, 0.15) is 36.0 Å². The van der Waals surface area contributed by atoms with Crippen LogP contribution in [0.25, 0.3) is 0 Å². The molecule has 1 N–H and O–H groups in total. The average Bonchev–Trinajstić information content (AvgIpc) is 2.73. The van der Waals surface area contributed by atoms with Crippen LogP contribution in [-0.2, 0) is 4.79 Å². The molecule has 6 nitrogen and oxygen atoms in total. The monoisotopic (exact) mass is 378 g/mol. The number of hydrogen-bond donors (Lipinski definition) is 1. The number of nitrogens with one attached hydrogen (secondary N) is 1. The predicted molar refractivity (Wildman–Crippen MR) is 106 cm³/mol. The van der Waals surface area contributed by atoms with Gasteiger partial charge in [0, 0.05) is 22.8 Å². The lowest BCUT2D eigenvalue weighted by Gasteiger charge is -2.33. The van der Waals surface area contributed by atoms with Gasteiger partial charge in [-0.15, -0.1) is 0 Å². The van der Waals surface area contributed by atoms with Crippen LogP contribution < -0.4 is 14.8 Å². The first-order chi connectivity index (χ1) is 13.6. The molecule has 4 rings (SSSR count). The van der Waals surface area contributed by atoms with E-state index in [1.165, 1.54) is 12.7 Å². The van der Waals surface area contributed by atoms with Crippen LogP contribution in [0, 0.1) is 5.92 Å². The summed E-state index contributed by atoms with van der Waals surface area (Å²) in [5.74, 6) is 0.718. The number of rotatable bonds is 3. The number of amides is 2. The van der Waals surface area contributed by atoms with Crippen molar-refractivity contribution in [3.05, 3.63) is 58.8 Å². The number of hydrogen-bond acceptors (Lipinski definition) is 4. The van der Waals surface area contributed by atoms with Gasteiger partial charge in [0.2, 0.25) is 0 Å². The van der Waals surface area contributed by atoms with Crippen molar-refractivity contribution in [2.75, 3.05) is 14.2 Å². The highest BCUT2D eigenvalue weighted by molar-refractivity contribution is 6.14. The standard InChI is InChI=1S/C22H22N2O4/c1-27-19-10-7-13(11-20(19)28-2)21(25)23-14-8-9-16-15-5-3-4-6-17(15)22(26)24-18(16)12-14/h7-12,16H,3-6H2,1-2H3,(H,24,26). The minimum atomic E-state index is -0.379. The quantitative estimate of drug-likeness (QED) is 0.875. The fourth-order valence-electron chi connectivity index (χ4n) is 3.97. The maximum Gasteiger partial charge on any atom is 0.277 e. The number of carbonyl (C=O) groups excluding carboxylic acids is 2. The number of methoxy groups -OCH3 is 2. The van der Waals surface area contributed by atoms with E-state index in [1.807, 2.05) is 12.2 Å². The normalized spacial score (nSPS) is 22.2. The first kappa shape index (κ1) is 18.2. The number of benzene rings is 1. The lowest BCUT2D eigenvalue weighted by molar-refractivity contribution is -0.117. The molecule has 1 unspecified atom stereocenters. The van der Waals surface area contributed by atoms with Crippen molar-refractivity contribution in [2.45, 2.75) is 25.7 Å². The summed E-state index contributed by atoms with van der Waals surface area (Å²) < 4.78 is 10.4. The molecule has 0 radical (unpaired) electrons. The van der Waals surface area contributed by atoms with Crippen LogP contribution >= 0.6 is 0 Å². The van der Waals surface area contributed by atoms with Crippen molar-refractivity contribution < 1.29 is 19.1 Å². The Balaban J connectivity index is 1.60. The molecule has 1 aromatic rings. The van der Waals surface area contributed by atoms with Gasteiger partial charge in [-0.25, -0.2) is 4.99 Å². The molecule has 0 saturated carbocycles. The molecule has 2 aliphatic carbocycles. The average molecular weight is 378 g/mol. The van der Waals surface area contributed by atoms with Gasteiger partial charge in [0.05, 0.1) is 19.9 Å². The van der Waals surface area contributed by atoms with Crippen molar-refractivity contribution in [3.63, 3.8) is 0 Å². The maximum atomic E-state index is 12.6. The number of nitrogens with zero attached hydrogens (tertiary/aromatic N) is 1. The van der Waals surface area contributed by atoms with E-state index < -0.39 is 0 Å². The van der Waals surface area contributed by atoms with Crippen LogP contribution in [0.2, 0.25) is 0 Å². The Bertz CT molecular complexity index is 969. The van der Waals surface area contributed by atoms with Crippen LogP contribution in [-0.4, -0.2) is 31.7 Å². The summed E-state index contributed by atoms with van der Waals surface area (Å²) in [5, 5.41) is 2.98. The topological polar surface area (TPSA) is 77.0 Å². The van der Waals surface area contributed by atoms with Crippen molar-refractivity contribution in [1.82, 2.24) is 5.32 Å². The molecule has 3 aliphatic rings. The molecule has 0 aromatic heterocycles. The number of carbonyl (C=O) groups is 2. The number of ether oxygens (including phenoxy) is 2. The highest BCUT2D eigenvalue weighted by Crippen LogP contribution is 2.38. The molecule has 0 saturated heterocycles. The zero-order valence-corrected chi connectivity index (χ0v) is 16.0. The van der Waals surface area contributed by atoms with E-state index in [0.717, 1.165) is 37.0 Å². The summed E-state index contributed by atoms with van der Waals surface area (Å²) in [4.78, 5) is 29.2. The van der Waals surface area contributed by atoms with Crippen molar-refractivity contribution >= 4 is 17.5 Å². The van der Waals surface area contributed by atoms with Crippen molar-refractivity contribution in [2.24, 2.45) is 10.9 Å². The van der Waals surface area contributed by atoms with Gasteiger partial charge >= 0.3 is 0 Å². The summed E-state index contributed by atoms with van der Waals surface area (Å²) in [5.41, 5.74) is 3.87. The third kappa shape index (κ3) is 3.26. The molecule has 1 heterocycles. The lowest BCUT2D eigenvalue weighted by Crippen LogP contribution is -2.37. The van der Waals surface area contributed by atoms with Crippen LogP contribution in [0.5, 0.6) is 11.5 Å². The zero-order valence-electron chi connectivity index (χ0n) is 16.0. The van der Waals surface area contributed by atoms with E-state index in [0.29, 0.717) is 22.8 Å². The molecule has 1 aliphatic heterocycles. The molecule has 2 amide bonds. The number of fused-ring (bicyclic) bond motifs is 2. The molecule has 144 valence electrons. The largest absolute Gasteiger partial charge is 0.493 e. The van der Waals surface area contributed by atoms with Gasteiger partial charge in [0.1, 0.15) is 0 Å². The molecule has 0 fully saturated rings. The molecule has 28 heavy (non-hydrogen) atoms. The third-order valence-corrected chi connectivity index (χ3v) is 5.38. The molecular formula is C22H22N2O4. The fourth-order valence-corrected chi connectivity index (χ4v) is 3.97. The minimum Gasteiger partial charge on any atom is -0.493 e. The Morgan fingerprint density at radius 2 is 1.93 bits per heavy atom. The molecular weight excluding hydrogens is 356 g/mol. The first-order valence-electron chi connectivity index (χ1n) is 9.39. The smallest absolute Gasteiger partial charge is 0.277 e. The van der Waals surface area contributed by atoms with Gasteiger partial charge in [0.15, 0.2) is 11.5 Å². The molecule has 1 aromatic carbocycles. The molecule has 6 heteroatoms. The van der Waals surface area contributed by atoms with Crippen molar-refractivity contribution in [1.29, 1.82) is 0 Å². The predicted octanol–water partition coefficient (Wildman–Crippen LogP) is 3.36. The van der Waals surface area contributed by atoms with E-state index in [1.54, 1.807) is 31.4 Å². The SMILES string of the molecule is COc1ccc(C(=O)N=C2C=CC3C(=C2)NC(=O)C2=C3CCCC2)cc1OC. The van der Waals surface area contributed by atoms with Crippen LogP contribution in [0.4, 0.5) is 0 Å². The van der Waals surface area contributed by atoms with E-state index in [2.05, 4.69) is 10.3 Å². The number of allylic oxidation sites excluding steroid dienone is 3. The summed E-state index contributed by atoms with van der Waals surface area (Å²) in [6, 6.07) is 4.93. The summed E-state index contributed by atoms with van der Waals surface area (Å²) in [6.07, 6.45) is 9.64. The second kappa shape index (κ2) is 7.46. The van der Waals surface area contributed by atoms with Gasteiger partial charge in [-0.1, -0.05) is 6.08 Å². The third-order valence-electron chi connectivity index (χ3n) is 5.38. The van der Waals surface area contributed by atoms with Gasteiger partial charge in [-0.3, -0.25) is 9.59 Å². The molecule has 1 atom stereocenters. The van der Waals surface area contributed by atoms with Gasteiger partial charge in [-0.05, 0) is 61.6 Å². The second-order valence-electron chi connectivity index (χ2n) is 7.01. The highest BCUT2D eigenvalue weighted by Gasteiger charge is 2.33. The first-order valence-corrected chi connectivity index (χ1v) is 9.39. The Kier molecular flexibility index (Phi) is 4.86. The Morgan fingerprint density at radius 3 is 2.71 bits per heavy atom. The van der Waals surface area contributed by atoms with Crippen LogP contribution in [0.3, 0.4) is 0 Å². The number of aliphatic imine (C=N–C) groups is 1. The zero-order chi connectivity index (χ0) is 19.7. The van der Waals surface area contributed by atoms with Gasteiger partial charge < -0.3 is 14.8 Å². The fraction of sp³-hybridized carbons (Fsp3) is 0.318. The highest BCUT2D eigenvalue weighted by atomic mass is 16.5. The summed E-state index contributed by atoms with van der Waals surface area (Å²) >= 11 is 0. The molecule has 0 spiro atoms. The van der Waals surface area contributed by atoms with E-state index in [4.69, 9.17) is 9.47 Å². The van der Waals surface area contributed by atoms with E-state index in [-0.39, 0.29) is 17.7 Å².